The molecule has 2 heterocycles. The molecule has 0 fully saturated rings. The minimum atomic E-state index is -0.295. The van der Waals surface area contributed by atoms with Crippen LogP contribution in [0.4, 0.5) is 10.9 Å². The Morgan fingerprint density at radius 3 is 2.94 bits per heavy atom. The van der Waals surface area contributed by atoms with E-state index in [1.54, 1.807) is 29.9 Å². The summed E-state index contributed by atoms with van der Waals surface area (Å²) in [4.78, 5) is 19.7. The van der Waals surface area contributed by atoms with Crippen LogP contribution in [0.15, 0.2) is 29.9 Å². The molecule has 0 aliphatic carbocycles. The Labute approximate surface area is 95.5 Å². The Morgan fingerprint density at radius 2 is 2.25 bits per heavy atom. The average Bonchev–Trinajstić information content (AvgIpc) is 2.81. The Bertz CT molecular complexity index is 484. The molecule has 0 atom stereocenters. The van der Waals surface area contributed by atoms with Crippen LogP contribution in [0.1, 0.15) is 10.4 Å². The van der Waals surface area contributed by atoms with Gasteiger partial charge in [-0.1, -0.05) is 0 Å². The van der Waals surface area contributed by atoms with Gasteiger partial charge in [-0.05, 0) is 12.1 Å². The van der Waals surface area contributed by atoms with Crippen LogP contribution in [0.5, 0.6) is 0 Å². The zero-order valence-electron chi connectivity index (χ0n) is 8.18. The molecule has 1 amide bonds. The van der Waals surface area contributed by atoms with Gasteiger partial charge in [-0.2, -0.15) is 0 Å². The molecular weight excluding hydrogens is 226 g/mol. The van der Waals surface area contributed by atoms with Gasteiger partial charge < -0.3 is 5.43 Å². The zero-order chi connectivity index (χ0) is 11.4. The van der Waals surface area contributed by atoms with Crippen molar-refractivity contribution in [1.29, 1.82) is 0 Å². The predicted molar refractivity (Wildman–Crippen MR) is 62.1 cm³/mol. The average molecular weight is 235 g/mol. The molecule has 16 heavy (non-hydrogen) atoms. The molecule has 2 aromatic heterocycles. The fraction of sp³-hybridized carbons (Fsp3) is 0. The number of pyridine rings is 1. The van der Waals surface area contributed by atoms with E-state index in [0.717, 1.165) is 0 Å². The highest BCUT2D eigenvalue weighted by atomic mass is 32.1. The molecular formula is C9H9N5OS. The zero-order valence-corrected chi connectivity index (χ0v) is 8.99. The largest absolute Gasteiger partial charge is 0.308 e. The highest BCUT2D eigenvalue weighted by Gasteiger charge is 2.12. The number of hydrogen-bond acceptors (Lipinski definition) is 6. The van der Waals surface area contributed by atoms with Crippen molar-refractivity contribution in [3.05, 3.63) is 35.5 Å². The van der Waals surface area contributed by atoms with Crippen molar-refractivity contribution in [3.63, 3.8) is 0 Å². The van der Waals surface area contributed by atoms with Gasteiger partial charge in [0.05, 0.1) is 5.56 Å². The number of carbonyl (C=O) groups excluding carboxylic acids is 1. The molecule has 7 heteroatoms. The first-order chi connectivity index (χ1) is 7.81. The summed E-state index contributed by atoms with van der Waals surface area (Å²) in [5.41, 5.74) is 2.74. The van der Waals surface area contributed by atoms with E-state index in [4.69, 9.17) is 5.84 Å². The maximum absolute atomic E-state index is 11.8. The second-order valence-corrected chi connectivity index (χ2v) is 3.73. The van der Waals surface area contributed by atoms with Crippen LogP contribution in [-0.4, -0.2) is 15.9 Å². The van der Waals surface area contributed by atoms with Crippen molar-refractivity contribution >= 4 is 28.2 Å². The fourth-order valence-corrected chi connectivity index (χ4v) is 1.68. The van der Waals surface area contributed by atoms with Gasteiger partial charge in [0.1, 0.15) is 0 Å². The SMILES string of the molecule is NNc1ncccc1C(=O)Nc1nccs1. The molecule has 4 N–H and O–H groups in total. The number of anilines is 2. The molecule has 0 aromatic carbocycles. The third-order valence-corrected chi connectivity index (χ3v) is 2.53. The lowest BCUT2D eigenvalue weighted by atomic mass is 10.2. The normalized spacial score (nSPS) is 9.81. The lowest BCUT2D eigenvalue weighted by Crippen LogP contribution is -2.18. The third kappa shape index (κ3) is 2.15. The first-order valence-electron chi connectivity index (χ1n) is 4.43. The molecule has 2 rings (SSSR count). The first-order valence-corrected chi connectivity index (χ1v) is 5.31. The number of nitrogen functional groups attached to an aromatic ring is 1. The Morgan fingerprint density at radius 1 is 1.38 bits per heavy atom. The molecule has 0 saturated heterocycles. The first kappa shape index (κ1) is 10.5. The third-order valence-electron chi connectivity index (χ3n) is 1.84. The van der Waals surface area contributed by atoms with Gasteiger partial charge in [0.25, 0.3) is 5.91 Å². The number of thiazole rings is 1. The van der Waals surface area contributed by atoms with Crippen LogP contribution in [0.3, 0.4) is 0 Å². The highest BCUT2D eigenvalue weighted by Crippen LogP contribution is 2.15. The van der Waals surface area contributed by atoms with Crippen molar-refractivity contribution < 1.29 is 4.79 Å². The lowest BCUT2D eigenvalue weighted by Gasteiger charge is -2.06. The van der Waals surface area contributed by atoms with E-state index >= 15 is 0 Å². The van der Waals surface area contributed by atoms with Crippen LogP contribution in [-0.2, 0) is 0 Å². The monoisotopic (exact) mass is 235 g/mol. The second-order valence-electron chi connectivity index (χ2n) is 2.84. The molecule has 0 bridgehead atoms. The van der Waals surface area contributed by atoms with Crippen LogP contribution in [0.25, 0.3) is 0 Å². The number of carbonyl (C=O) groups is 1. The van der Waals surface area contributed by atoms with E-state index in [2.05, 4.69) is 20.7 Å². The van der Waals surface area contributed by atoms with Crippen molar-refractivity contribution in [3.8, 4) is 0 Å². The van der Waals surface area contributed by atoms with E-state index < -0.39 is 0 Å². The highest BCUT2D eigenvalue weighted by molar-refractivity contribution is 7.13. The number of rotatable bonds is 3. The Hall–Kier alpha value is -1.99. The molecule has 6 nitrogen and oxygen atoms in total. The number of amides is 1. The van der Waals surface area contributed by atoms with Crippen molar-refractivity contribution in [2.75, 3.05) is 10.7 Å². The summed E-state index contributed by atoms with van der Waals surface area (Å²) in [5, 5.41) is 4.96. The summed E-state index contributed by atoms with van der Waals surface area (Å²) in [6.07, 6.45) is 3.17. The number of nitrogens with zero attached hydrogens (tertiary/aromatic N) is 2. The fourth-order valence-electron chi connectivity index (χ4n) is 1.15. The predicted octanol–water partition coefficient (Wildman–Crippen LogP) is 1.08. The summed E-state index contributed by atoms with van der Waals surface area (Å²) in [7, 11) is 0. The van der Waals surface area contributed by atoms with Gasteiger partial charge in [-0.25, -0.2) is 15.8 Å². The standard InChI is InChI=1S/C9H9N5OS/c10-14-7-6(2-1-3-11-7)8(15)13-9-12-4-5-16-9/h1-5H,10H2,(H,11,14)(H,12,13,15). The number of hydrogen-bond donors (Lipinski definition) is 3. The second kappa shape index (κ2) is 4.69. The minimum Gasteiger partial charge on any atom is -0.308 e. The van der Waals surface area contributed by atoms with Gasteiger partial charge in [0.15, 0.2) is 10.9 Å². The van der Waals surface area contributed by atoms with E-state index in [0.29, 0.717) is 16.5 Å². The van der Waals surface area contributed by atoms with Crippen molar-refractivity contribution in [2.24, 2.45) is 5.84 Å². The smallest absolute Gasteiger partial charge is 0.261 e. The van der Waals surface area contributed by atoms with Gasteiger partial charge in [-0.15, -0.1) is 11.3 Å². The molecule has 82 valence electrons. The van der Waals surface area contributed by atoms with Gasteiger partial charge in [0, 0.05) is 17.8 Å². The molecule has 0 spiro atoms. The van der Waals surface area contributed by atoms with Crippen LogP contribution in [0.2, 0.25) is 0 Å². The Balaban J connectivity index is 2.21. The number of nitrogens with one attached hydrogen (secondary N) is 2. The summed E-state index contributed by atoms with van der Waals surface area (Å²) in [6.45, 7) is 0. The van der Waals surface area contributed by atoms with Crippen molar-refractivity contribution in [1.82, 2.24) is 9.97 Å². The van der Waals surface area contributed by atoms with Gasteiger partial charge in [0.2, 0.25) is 0 Å². The quantitative estimate of drug-likeness (QED) is 0.546. The Kier molecular flexibility index (Phi) is 3.08. The summed E-state index contributed by atoms with van der Waals surface area (Å²) in [6, 6.07) is 3.29. The number of nitrogens with two attached hydrogens (primary N) is 1. The molecule has 2 aromatic rings. The van der Waals surface area contributed by atoms with E-state index in [1.165, 1.54) is 11.3 Å². The maximum atomic E-state index is 11.8. The number of hydrazine groups is 1. The van der Waals surface area contributed by atoms with Gasteiger partial charge in [-0.3, -0.25) is 10.1 Å². The van der Waals surface area contributed by atoms with Crippen LogP contribution < -0.4 is 16.6 Å². The lowest BCUT2D eigenvalue weighted by molar-refractivity contribution is 0.102. The van der Waals surface area contributed by atoms with Gasteiger partial charge >= 0.3 is 0 Å². The van der Waals surface area contributed by atoms with E-state index in [1.807, 2.05) is 0 Å². The summed E-state index contributed by atoms with van der Waals surface area (Å²) in [5.74, 6) is 5.29. The van der Waals surface area contributed by atoms with Crippen molar-refractivity contribution in [2.45, 2.75) is 0 Å². The van der Waals surface area contributed by atoms with E-state index in [9.17, 15) is 4.79 Å². The molecule has 0 saturated carbocycles. The van der Waals surface area contributed by atoms with Crippen LogP contribution in [0, 0.1) is 0 Å². The van der Waals surface area contributed by atoms with E-state index in [-0.39, 0.29) is 5.91 Å². The summed E-state index contributed by atoms with van der Waals surface area (Å²) < 4.78 is 0. The maximum Gasteiger partial charge on any atom is 0.261 e. The molecule has 0 radical (unpaired) electrons. The summed E-state index contributed by atoms with van der Waals surface area (Å²) >= 11 is 1.34. The minimum absolute atomic E-state index is 0.295. The molecule has 0 unspecified atom stereocenters. The molecule has 0 aliphatic rings. The van der Waals surface area contributed by atoms with Crippen LogP contribution >= 0.6 is 11.3 Å². The number of aromatic nitrogens is 2. The molecule has 0 aliphatic heterocycles. The topological polar surface area (TPSA) is 92.9 Å².